The van der Waals surface area contributed by atoms with Crippen molar-refractivity contribution in [1.82, 2.24) is 9.21 Å². The first kappa shape index (κ1) is 25.3. The van der Waals surface area contributed by atoms with Gasteiger partial charge in [-0.05, 0) is 36.4 Å². The lowest BCUT2D eigenvalue weighted by Gasteiger charge is -2.36. The summed E-state index contributed by atoms with van der Waals surface area (Å²) in [5.41, 5.74) is -0.172. The fraction of sp³-hybridized carbons (Fsp3) is 0.435. The average molecular weight is 514 g/mol. The molecule has 35 heavy (non-hydrogen) atoms. The van der Waals surface area contributed by atoms with E-state index in [2.05, 4.69) is 0 Å². The Kier molecular flexibility index (Phi) is 7.25. The van der Waals surface area contributed by atoms with E-state index in [1.807, 2.05) is 0 Å². The van der Waals surface area contributed by atoms with Crippen molar-refractivity contribution < 1.29 is 35.9 Å². The zero-order valence-electron chi connectivity index (χ0n) is 19.1. The minimum atomic E-state index is -4.43. The Balaban J connectivity index is 1.51. The molecule has 12 heteroatoms. The normalized spacial score (nSPS) is 17.9. The molecule has 2 fully saturated rings. The van der Waals surface area contributed by atoms with Gasteiger partial charge in [-0.25, -0.2) is 8.42 Å². The number of carbonyl (C=O) groups is 1. The lowest BCUT2D eigenvalue weighted by Crippen LogP contribution is -2.49. The third-order valence-corrected chi connectivity index (χ3v) is 8.01. The molecule has 0 aliphatic carbocycles. The number of rotatable bonds is 5. The third-order valence-electron chi connectivity index (χ3n) is 6.11. The van der Waals surface area contributed by atoms with E-state index in [1.165, 1.54) is 35.7 Å². The highest BCUT2D eigenvalue weighted by Crippen LogP contribution is 2.32. The Labute approximate surface area is 201 Å². The molecule has 0 bridgehead atoms. The second kappa shape index (κ2) is 10.0. The number of piperazine rings is 1. The van der Waals surface area contributed by atoms with E-state index >= 15 is 0 Å². The summed E-state index contributed by atoms with van der Waals surface area (Å²) in [6.45, 7) is 2.26. The van der Waals surface area contributed by atoms with Crippen molar-refractivity contribution in [2.75, 3.05) is 64.5 Å². The van der Waals surface area contributed by atoms with Gasteiger partial charge in [-0.15, -0.1) is 0 Å². The van der Waals surface area contributed by atoms with Crippen molar-refractivity contribution in [3.05, 3.63) is 53.6 Å². The van der Waals surface area contributed by atoms with Crippen LogP contribution in [0, 0.1) is 0 Å². The maximum Gasteiger partial charge on any atom is 0.416 e. The van der Waals surface area contributed by atoms with Crippen molar-refractivity contribution in [3.8, 4) is 5.75 Å². The molecule has 2 aliphatic heterocycles. The van der Waals surface area contributed by atoms with Crippen LogP contribution in [0.5, 0.6) is 5.75 Å². The minimum Gasteiger partial charge on any atom is -0.496 e. The van der Waals surface area contributed by atoms with E-state index in [-0.39, 0.29) is 42.4 Å². The van der Waals surface area contributed by atoms with E-state index in [0.29, 0.717) is 32.0 Å². The number of amides is 1. The van der Waals surface area contributed by atoms with Crippen LogP contribution in [0.25, 0.3) is 0 Å². The Morgan fingerprint density at radius 2 is 1.66 bits per heavy atom. The summed E-state index contributed by atoms with van der Waals surface area (Å²) < 4.78 is 77.2. The molecule has 2 saturated heterocycles. The van der Waals surface area contributed by atoms with Gasteiger partial charge >= 0.3 is 6.18 Å². The van der Waals surface area contributed by atoms with Gasteiger partial charge in [-0.2, -0.15) is 17.5 Å². The van der Waals surface area contributed by atoms with Crippen molar-refractivity contribution >= 4 is 21.6 Å². The Bertz CT molecular complexity index is 1180. The predicted octanol–water partition coefficient (Wildman–Crippen LogP) is 2.70. The first-order chi connectivity index (χ1) is 16.6. The highest BCUT2D eigenvalue weighted by atomic mass is 32.2. The monoisotopic (exact) mass is 513 g/mol. The fourth-order valence-electron chi connectivity index (χ4n) is 4.17. The van der Waals surface area contributed by atoms with Crippen LogP contribution in [-0.2, 0) is 20.9 Å². The molecule has 2 aromatic rings. The molecule has 2 aromatic carbocycles. The maximum atomic E-state index is 13.3. The minimum absolute atomic E-state index is 0.00819. The molecule has 0 atom stereocenters. The van der Waals surface area contributed by atoms with Crippen molar-refractivity contribution in [3.63, 3.8) is 0 Å². The van der Waals surface area contributed by atoms with Crippen molar-refractivity contribution in [1.29, 1.82) is 0 Å². The van der Waals surface area contributed by atoms with Crippen LogP contribution in [0.1, 0.15) is 15.9 Å². The molecule has 2 aliphatic rings. The van der Waals surface area contributed by atoms with Gasteiger partial charge < -0.3 is 19.3 Å². The number of alkyl halides is 3. The molecule has 4 rings (SSSR count). The van der Waals surface area contributed by atoms with E-state index in [4.69, 9.17) is 9.47 Å². The highest BCUT2D eigenvalue weighted by molar-refractivity contribution is 7.89. The third kappa shape index (κ3) is 5.39. The zero-order valence-corrected chi connectivity index (χ0v) is 19.9. The summed E-state index contributed by atoms with van der Waals surface area (Å²) in [7, 11) is -2.41. The predicted molar refractivity (Wildman–Crippen MR) is 122 cm³/mol. The number of anilines is 1. The van der Waals surface area contributed by atoms with E-state index in [0.717, 1.165) is 12.1 Å². The number of ether oxygens (including phenoxy) is 2. The molecule has 0 aromatic heterocycles. The van der Waals surface area contributed by atoms with Gasteiger partial charge in [-0.1, -0.05) is 6.07 Å². The molecule has 0 unspecified atom stereocenters. The van der Waals surface area contributed by atoms with Crippen LogP contribution in [0.15, 0.2) is 47.4 Å². The van der Waals surface area contributed by atoms with Gasteiger partial charge in [0.2, 0.25) is 10.0 Å². The number of sulfonamides is 1. The second-order valence-electron chi connectivity index (χ2n) is 8.21. The molecule has 0 saturated carbocycles. The standard InChI is InChI=1S/C23H26F3N3O5S/c1-33-21-6-5-19(35(31,32)29-11-13-34-14-12-29)16-20(21)22(30)28-9-7-27(8-10-28)18-4-2-3-17(15-18)23(24,25)26/h2-6,15-16H,7-14H2,1H3. The number of nitrogens with zero attached hydrogens (tertiary/aromatic N) is 3. The average Bonchev–Trinajstić information content (AvgIpc) is 2.88. The summed E-state index contributed by atoms with van der Waals surface area (Å²) in [5, 5.41) is 0. The first-order valence-corrected chi connectivity index (χ1v) is 12.5. The number of hydrogen-bond acceptors (Lipinski definition) is 6. The Hall–Kier alpha value is -2.83. The van der Waals surface area contributed by atoms with Gasteiger partial charge in [0.1, 0.15) is 5.75 Å². The summed E-state index contributed by atoms with van der Waals surface area (Å²) in [6.07, 6.45) is -4.43. The quantitative estimate of drug-likeness (QED) is 0.612. The summed E-state index contributed by atoms with van der Waals surface area (Å²) in [4.78, 5) is 16.6. The van der Waals surface area contributed by atoms with E-state index in [9.17, 15) is 26.4 Å². The number of carbonyl (C=O) groups excluding carboxylic acids is 1. The van der Waals surface area contributed by atoms with Crippen LogP contribution >= 0.6 is 0 Å². The number of morpholine rings is 1. The number of benzene rings is 2. The molecule has 0 radical (unpaired) electrons. The fourth-order valence-corrected chi connectivity index (χ4v) is 5.60. The van der Waals surface area contributed by atoms with E-state index in [1.54, 1.807) is 15.9 Å². The number of halogens is 3. The van der Waals surface area contributed by atoms with Crippen LogP contribution in [-0.4, -0.2) is 83.1 Å². The SMILES string of the molecule is COc1ccc(S(=O)(=O)N2CCOCC2)cc1C(=O)N1CCN(c2cccc(C(F)(F)F)c2)CC1. The van der Waals surface area contributed by atoms with Gasteiger partial charge in [0.25, 0.3) is 5.91 Å². The van der Waals surface area contributed by atoms with Crippen LogP contribution < -0.4 is 9.64 Å². The molecule has 190 valence electrons. The van der Waals surface area contributed by atoms with Gasteiger partial charge in [0.15, 0.2) is 0 Å². The topological polar surface area (TPSA) is 79.4 Å². The first-order valence-electron chi connectivity index (χ1n) is 11.1. The molecule has 1 amide bonds. The molecular weight excluding hydrogens is 487 g/mol. The zero-order chi connectivity index (χ0) is 25.2. The van der Waals surface area contributed by atoms with E-state index < -0.39 is 27.7 Å². The van der Waals surface area contributed by atoms with Crippen molar-refractivity contribution in [2.45, 2.75) is 11.1 Å². The molecule has 2 heterocycles. The van der Waals surface area contributed by atoms with Gasteiger partial charge in [-0.3, -0.25) is 4.79 Å². The largest absolute Gasteiger partial charge is 0.496 e. The summed E-state index contributed by atoms with van der Waals surface area (Å²) >= 11 is 0. The summed E-state index contributed by atoms with van der Waals surface area (Å²) in [6, 6.07) is 9.28. The maximum absolute atomic E-state index is 13.3. The van der Waals surface area contributed by atoms with Gasteiger partial charge in [0, 0.05) is 45.0 Å². The smallest absolute Gasteiger partial charge is 0.416 e. The molecule has 0 spiro atoms. The summed E-state index contributed by atoms with van der Waals surface area (Å²) in [5.74, 6) is -0.152. The van der Waals surface area contributed by atoms with Crippen molar-refractivity contribution in [2.24, 2.45) is 0 Å². The second-order valence-corrected chi connectivity index (χ2v) is 10.1. The number of methoxy groups -OCH3 is 1. The Morgan fingerprint density at radius 3 is 2.29 bits per heavy atom. The molecule has 8 nitrogen and oxygen atoms in total. The lowest BCUT2D eigenvalue weighted by atomic mass is 10.1. The van der Waals surface area contributed by atoms with Gasteiger partial charge in [0.05, 0.1) is 36.3 Å². The number of hydrogen-bond donors (Lipinski definition) is 0. The van der Waals surface area contributed by atoms with Crippen LogP contribution in [0.2, 0.25) is 0 Å². The Morgan fingerprint density at radius 1 is 0.971 bits per heavy atom. The molecular formula is C23H26F3N3O5S. The highest BCUT2D eigenvalue weighted by Gasteiger charge is 2.32. The van der Waals surface area contributed by atoms with Crippen LogP contribution in [0.4, 0.5) is 18.9 Å². The lowest BCUT2D eigenvalue weighted by molar-refractivity contribution is -0.137. The molecule has 0 N–H and O–H groups in total. The van der Waals surface area contributed by atoms with Crippen LogP contribution in [0.3, 0.4) is 0 Å².